The molecule has 0 spiro atoms. The van der Waals surface area contributed by atoms with Gasteiger partial charge in [0.05, 0.1) is 6.10 Å². The summed E-state index contributed by atoms with van der Waals surface area (Å²) in [6.07, 6.45) is -13.9. The standard InChI is InChI=1S/C7H10F6O/c1-4(14)3-5(2,6(8,9)10)7(11,12)13/h4,14H,3H2,1-2H3. The molecule has 0 fully saturated rings. The minimum atomic E-state index is -5.41. The summed E-state index contributed by atoms with van der Waals surface area (Å²) < 4.78 is 72.8. The molecule has 0 radical (unpaired) electrons. The van der Waals surface area contributed by atoms with Gasteiger partial charge >= 0.3 is 12.4 Å². The van der Waals surface area contributed by atoms with E-state index in [9.17, 15) is 26.3 Å². The Balaban J connectivity index is 5.07. The number of hydrogen-bond donors (Lipinski definition) is 1. The lowest BCUT2D eigenvalue weighted by Crippen LogP contribution is -2.49. The highest BCUT2D eigenvalue weighted by molar-refractivity contribution is 4.90. The van der Waals surface area contributed by atoms with Crippen molar-refractivity contribution in [3.63, 3.8) is 0 Å². The number of alkyl halides is 6. The number of hydrogen-bond acceptors (Lipinski definition) is 1. The zero-order chi connectivity index (χ0) is 11.8. The highest BCUT2D eigenvalue weighted by atomic mass is 19.4. The predicted molar refractivity (Wildman–Crippen MR) is 36.5 cm³/mol. The quantitative estimate of drug-likeness (QED) is 0.715. The summed E-state index contributed by atoms with van der Waals surface area (Å²) >= 11 is 0. The van der Waals surface area contributed by atoms with Crippen molar-refractivity contribution in [2.45, 2.75) is 38.7 Å². The molecule has 0 amide bonds. The summed E-state index contributed by atoms with van der Waals surface area (Å²) in [5, 5.41) is 8.61. The van der Waals surface area contributed by atoms with Crippen LogP contribution in [0.25, 0.3) is 0 Å². The van der Waals surface area contributed by atoms with Gasteiger partial charge in [-0.25, -0.2) is 0 Å². The number of rotatable bonds is 2. The van der Waals surface area contributed by atoms with Crippen molar-refractivity contribution in [2.24, 2.45) is 5.41 Å². The maximum absolute atomic E-state index is 12.1. The van der Waals surface area contributed by atoms with E-state index in [-0.39, 0.29) is 6.92 Å². The first-order valence-corrected chi connectivity index (χ1v) is 3.73. The first-order chi connectivity index (χ1) is 5.92. The maximum atomic E-state index is 12.1. The summed E-state index contributed by atoms with van der Waals surface area (Å²) in [5.74, 6) is 0. The molecule has 0 saturated carbocycles. The SMILES string of the molecule is CC(O)CC(C)(C(F)(F)F)C(F)(F)F. The smallest absolute Gasteiger partial charge is 0.393 e. The van der Waals surface area contributed by atoms with E-state index in [2.05, 4.69) is 0 Å². The van der Waals surface area contributed by atoms with Crippen LogP contribution < -0.4 is 0 Å². The molecule has 0 bridgehead atoms. The molecular formula is C7H10F6O. The Morgan fingerprint density at radius 2 is 1.29 bits per heavy atom. The molecule has 1 nitrogen and oxygen atoms in total. The lowest BCUT2D eigenvalue weighted by atomic mass is 9.83. The topological polar surface area (TPSA) is 20.2 Å². The molecule has 14 heavy (non-hydrogen) atoms. The molecule has 1 atom stereocenters. The first-order valence-electron chi connectivity index (χ1n) is 3.73. The first kappa shape index (κ1) is 13.5. The molecule has 0 aliphatic carbocycles. The van der Waals surface area contributed by atoms with Crippen LogP contribution in [0.1, 0.15) is 20.3 Å². The van der Waals surface area contributed by atoms with E-state index in [0.717, 1.165) is 6.92 Å². The molecule has 0 aromatic carbocycles. The van der Waals surface area contributed by atoms with E-state index in [4.69, 9.17) is 5.11 Å². The second kappa shape index (κ2) is 3.60. The third-order valence-electron chi connectivity index (χ3n) is 1.95. The predicted octanol–water partition coefficient (Wildman–Crippen LogP) is 2.89. The molecule has 0 heterocycles. The summed E-state index contributed by atoms with van der Waals surface area (Å²) in [7, 11) is 0. The molecule has 0 aliphatic rings. The fraction of sp³-hybridized carbons (Fsp3) is 1.00. The third-order valence-corrected chi connectivity index (χ3v) is 1.95. The second-order valence-corrected chi connectivity index (χ2v) is 3.38. The Kier molecular flexibility index (Phi) is 3.48. The van der Waals surface area contributed by atoms with E-state index in [1.54, 1.807) is 0 Å². The van der Waals surface area contributed by atoms with Crippen LogP contribution in [0, 0.1) is 5.41 Å². The zero-order valence-electron chi connectivity index (χ0n) is 7.50. The van der Waals surface area contributed by atoms with Gasteiger partial charge in [-0.15, -0.1) is 0 Å². The third kappa shape index (κ3) is 2.52. The van der Waals surface area contributed by atoms with E-state index in [1.807, 2.05) is 0 Å². The lowest BCUT2D eigenvalue weighted by molar-refractivity contribution is -0.340. The number of halogens is 6. The van der Waals surface area contributed by atoms with Crippen molar-refractivity contribution < 1.29 is 31.4 Å². The lowest BCUT2D eigenvalue weighted by Gasteiger charge is -2.34. The van der Waals surface area contributed by atoms with Gasteiger partial charge in [0.2, 0.25) is 0 Å². The van der Waals surface area contributed by atoms with Gasteiger partial charge in [0, 0.05) is 0 Å². The van der Waals surface area contributed by atoms with Crippen LogP contribution in [0.5, 0.6) is 0 Å². The average molecular weight is 224 g/mol. The fourth-order valence-corrected chi connectivity index (χ4v) is 0.983. The Morgan fingerprint density at radius 1 is 1.00 bits per heavy atom. The van der Waals surface area contributed by atoms with Crippen molar-refractivity contribution in [1.82, 2.24) is 0 Å². The molecule has 1 N–H and O–H groups in total. The van der Waals surface area contributed by atoms with Crippen LogP contribution in [0.15, 0.2) is 0 Å². The summed E-state index contributed by atoms with van der Waals surface area (Å²) in [4.78, 5) is 0. The van der Waals surface area contributed by atoms with Crippen LogP contribution >= 0.6 is 0 Å². The molecular weight excluding hydrogens is 214 g/mol. The van der Waals surface area contributed by atoms with E-state index in [1.165, 1.54) is 0 Å². The molecule has 0 aliphatic heterocycles. The minimum absolute atomic E-state index is 0.0414. The minimum Gasteiger partial charge on any atom is -0.393 e. The summed E-state index contributed by atoms with van der Waals surface area (Å²) in [6.45, 7) is 0.926. The monoisotopic (exact) mass is 224 g/mol. The van der Waals surface area contributed by atoms with Crippen LogP contribution in [-0.2, 0) is 0 Å². The second-order valence-electron chi connectivity index (χ2n) is 3.38. The van der Waals surface area contributed by atoms with Crippen molar-refractivity contribution in [1.29, 1.82) is 0 Å². The summed E-state index contributed by atoms with van der Waals surface area (Å²) in [5.41, 5.74) is -3.85. The van der Waals surface area contributed by atoms with Gasteiger partial charge in [0.25, 0.3) is 0 Å². The highest BCUT2D eigenvalue weighted by Gasteiger charge is 2.67. The van der Waals surface area contributed by atoms with Crippen LogP contribution in [-0.4, -0.2) is 23.6 Å². The van der Waals surface area contributed by atoms with Gasteiger partial charge in [-0.05, 0) is 20.3 Å². The van der Waals surface area contributed by atoms with Gasteiger partial charge < -0.3 is 5.11 Å². The zero-order valence-corrected chi connectivity index (χ0v) is 7.50. The van der Waals surface area contributed by atoms with Gasteiger partial charge in [-0.3, -0.25) is 0 Å². The highest BCUT2D eigenvalue weighted by Crippen LogP contribution is 2.52. The molecule has 0 rings (SSSR count). The van der Waals surface area contributed by atoms with Crippen LogP contribution in [0.4, 0.5) is 26.3 Å². The Labute approximate surface area is 76.7 Å². The molecule has 0 aromatic rings. The largest absolute Gasteiger partial charge is 0.403 e. The summed E-state index contributed by atoms with van der Waals surface area (Å²) in [6, 6.07) is 0. The van der Waals surface area contributed by atoms with Crippen molar-refractivity contribution in [2.75, 3.05) is 0 Å². The Hall–Kier alpha value is -0.460. The van der Waals surface area contributed by atoms with E-state index >= 15 is 0 Å². The molecule has 1 unspecified atom stereocenters. The van der Waals surface area contributed by atoms with E-state index < -0.39 is 30.3 Å². The molecule has 7 heteroatoms. The van der Waals surface area contributed by atoms with Crippen LogP contribution in [0.2, 0.25) is 0 Å². The normalized spacial score (nSPS) is 16.9. The van der Waals surface area contributed by atoms with Gasteiger partial charge in [0.15, 0.2) is 5.41 Å². The van der Waals surface area contributed by atoms with Crippen molar-refractivity contribution >= 4 is 0 Å². The fourth-order valence-electron chi connectivity index (χ4n) is 0.983. The van der Waals surface area contributed by atoms with Crippen molar-refractivity contribution in [3.05, 3.63) is 0 Å². The number of aliphatic hydroxyl groups excluding tert-OH is 1. The molecule has 86 valence electrons. The Morgan fingerprint density at radius 3 is 1.36 bits per heavy atom. The van der Waals surface area contributed by atoms with Crippen molar-refractivity contribution in [3.8, 4) is 0 Å². The van der Waals surface area contributed by atoms with Gasteiger partial charge in [-0.1, -0.05) is 0 Å². The Bertz CT molecular complexity index is 177. The van der Waals surface area contributed by atoms with E-state index in [0.29, 0.717) is 0 Å². The van der Waals surface area contributed by atoms with Crippen LogP contribution in [0.3, 0.4) is 0 Å². The van der Waals surface area contributed by atoms with Gasteiger partial charge in [0.1, 0.15) is 0 Å². The average Bonchev–Trinajstić information content (AvgIpc) is 1.79. The molecule has 0 aromatic heterocycles. The van der Waals surface area contributed by atoms with Gasteiger partial charge in [-0.2, -0.15) is 26.3 Å². The number of aliphatic hydroxyl groups is 1. The molecule has 0 saturated heterocycles. The maximum Gasteiger partial charge on any atom is 0.403 e.